The molecule has 0 aliphatic heterocycles. The fraction of sp³-hybridized carbons (Fsp3) is 0.188. The van der Waals surface area contributed by atoms with Crippen LogP contribution >= 0.6 is 12.6 Å². The normalized spacial score (nSPS) is 12.0. The van der Waals surface area contributed by atoms with Gasteiger partial charge in [-0.2, -0.15) is 0 Å². The molecular weight excluding hydrogens is 273 g/mol. The van der Waals surface area contributed by atoms with E-state index in [9.17, 15) is 9.18 Å². The molecule has 0 aliphatic carbocycles. The third-order valence-electron chi connectivity index (χ3n) is 3.13. The first-order valence-corrected chi connectivity index (χ1v) is 6.78. The fourth-order valence-corrected chi connectivity index (χ4v) is 2.09. The molecule has 1 unspecified atom stereocenters. The highest BCUT2D eigenvalue weighted by molar-refractivity contribution is 7.80. The predicted molar refractivity (Wildman–Crippen MR) is 80.7 cm³/mol. The maximum atomic E-state index is 13.1. The summed E-state index contributed by atoms with van der Waals surface area (Å²) in [6.07, 6.45) is 0. The SMILES string of the molecule is Cc1ccc(C(C)NC(=O)c2ccc(F)c(S)c2)cc1. The van der Waals surface area contributed by atoms with E-state index in [1.807, 2.05) is 38.1 Å². The lowest BCUT2D eigenvalue weighted by molar-refractivity contribution is 0.0939. The minimum atomic E-state index is -0.434. The quantitative estimate of drug-likeness (QED) is 0.824. The second kappa shape index (κ2) is 6.09. The first kappa shape index (κ1) is 14.6. The van der Waals surface area contributed by atoms with Gasteiger partial charge in [0.25, 0.3) is 5.91 Å². The topological polar surface area (TPSA) is 29.1 Å². The largest absolute Gasteiger partial charge is 0.346 e. The highest BCUT2D eigenvalue weighted by atomic mass is 32.1. The summed E-state index contributed by atoms with van der Waals surface area (Å²) in [6.45, 7) is 3.92. The summed E-state index contributed by atoms with van der Waals surface area (Å²) in [5, 5.41) is 2.88. The Morgan fingerprint density at radius 2 is 1.85 bits per heavy atom. The maximum absolute atomic E-state index is 13.1. The summed E-state index contributed by atoms with van der Waals surface area (Å²) >= 11 is 3.98. The van der Waals surface area contributed by atoms with Gasteiger partial charge in [-0.15, -0.1) is 12.6 Å². The third-order valence-corrected chi connectivity index (χ3v) is 3.48. The van der Waals surface area contributed by atoms with Crippen molar-refractivity contribution in [2.24, 2.45) is 0 Å². The first-order valence-electron chi connectivity index (χ1n) is 6.33. The lowest BCUT2D eigenvalue weighted by Gasteiger charge is -2.15. The van der Waals surface area contributed by atoms with Crippen LogP contribution in [0.1, 0.15) is 34.5 Å². The molecule has 0 fully saturated rings. The van der Waals surface area contributed by atoms with Crippen LogP contribution in [0, 0.1) is 12.7 Å². The van der Waals surface area contributed by atoms with Crippen LogP contribution in [0.25, 0.3) is 0 Å². The van der Waals surface area contributed by atoms with Gasteiger partial charge in [-0.05, 0) is 37.6 Å². The number of aryl methyl sites for hydroxylation is 1. The number of amides is 1. The highest BCUT2D eigenvalue weighted by Crippen LogP contribution is 2.17. The molecule has 0 aromatic heterocycles. The number of rotatable bonds is 3. The van der Waals surface area contributed by atoms with Crippen LogP contribution < -0.4 is 5.32 Å². The van der Waals surface area contributed by atoms with E-state index in [1.54, 1.807) is 0 Å². The lowest BCUT2D eigenvalue weighted by atomic mass is 10.1. The van der Waals surface area contributed by atoms with Crippen molar-refractivity contribution in [3.8, 4) is 0 Å². The summed E-state index contributed by atoms with van der Waals surface area (Å²) in [5.74, 6) is -0.676. The van der Waals surface area contributed by atoms with Gasteiger partial charge in [0, 0.05) is 10.5 Å². The van der Waals surface area contributed by atoms with Crippen LogP contribution in [-0.4, -0.2) is 5.91 Å². The van der Waals surface area contributed by atoms with Gasteiger partial charge in [-0.1, -0.05) is 29.8 Å². The zero-order chi connectivity index (χ0) is 14.7. The monoisotopic (exact) mass is 289 g/mol. The molecule has 1 amide bonds. The van der Waals surface area contributed by atoms with Gasteiger partial charge in [0.15, 0.2) is 0 Å². The van der Waals surface area contributed by atoms with Crippen molar-refractivity contribution in [1.29, 1.82) is 0 Å². The summed E-state index contributed by atoms with van der Waals surface area (Å²) in [5.41, 5.74) is 2.60. The highest BCUT2D eigenvalue weighted by Gasteiger charge is 2.12. The molecule has 4 heteroatoms. The molecule has 20 heavy (non-hydrogen) atoms. The van der Waals surface area contributed by atoms with Crippen LogP contribution in [0.3, 0.4) is 0 Å². The Morgan fingerprint density at radius 3 is 2.45 bits per heavy atom. The van der Waals surface area contributed by atoms with Crippen molar-refractivity contribution in [3.05, 3.63) is 65.0 Å². The molecule has 1 N–H and O–H groups in total. The van der Waals surface area contributed by atoms with Crippen molar-refractivity contribution < 1.29 is 9.18 Å². The van der Waals surface area contributed by atoms with E-state index < -0.39 is 5.82 Å². The van der Waals surface area contributed by atoms with Crippen molar-refractivity contribution in [3.63, 3.8) is 0 Å². The standard InChI is InChI=1S/C16H16FNOS/c1-10-3-5-12(6-4-10)11(2)18-16(19)13-7-8-14(17)15(20)9-13/h3-9,11,20H,1-2H3,(H,18,19). The summed E-state index contributed by atoms with van der Waals surface area (Å²) < 4.78 is 13.1. The molecule has 0 heterocycles. The van der Waals surface area contributed by atoms with Crippen molar-refractivity contribution in [2.45, 2.75) is 24.8 Å². The Kier molecular flexibility index (Phi) is 4.45. The molecule has 2 nitrogen and oxygen atoms in total. The fourth-order valence-electron chi connectivity index (χ4n) is 1.87. The van der Waals surface area contributed by atoms with Crippen molar-refractivity contribution in [2.75, 3.05) is 0 Å². The molecule has 0 spiro atoms. The van der Waals surface area contributed by atoms with Crippen LogP contribution in [0.2, 0.25) is 0 Å². The van der Waals surface area contributed by atoms with E-state index in [-0.39, 0.29) is 16.8 Å². The van der Waals surface area contributed by atoms with Crippen LogP contribution in [0.4, 0.5) is 4.39 Å². The van der Waals surface area contributed by atoms with Gasteiger partial charge in [0.05, 0.1) is 6.04 Å². The van der Waals surface area contributed by atoms with E-state index in [0.717, 1.165) is 5.56 Å². The Labute approximate surface area is 123 Å². The number of hydrogen-bond acceptors (Lipinski definition) is 2. The average molecular weight is 289 g/mol. The summed E-state index contributed by atoms with van der Waals surface area (Å²) in [6, 6.07) is 12.0. The molecule has 0 bridgehead atoms. The van der Waals surface area contributed by atoms with E-state index in [4.69, 9.17) is 0 Å². The van der Waals surface area contributed by atoms with Crippen molar-refractivity contribution in [1.82, 2.24) is 5.32 Å². The Morgan fingerprint density at radius 1 is 1.20 bits per heavy atom. The molecule has 0 aliphatic rings. The van der Waals surface area contributed by atoms with Gasteiger partial charge >= 0.3 is 0 Å². The van der Waals surface area contributed by atoms with Gasteiger partial charge in [-0.3, -0.25) is 4.79 Å². The number of nitrogens with one attached hydrogen (secondary N) is 1. The van der Waals surface area contributed by atoms with E-state index >= 15 is 0 Å². The molecule has 0 saturated carbocycles. The zero-order valence-corrected chi connectivity index (χ0v) is 12.2. The minimum absolute atomic E-state index is 0.114. The van der Waals surface area contributed by atoms with E-state index in [2.05, 4.69) is 17.9 Å². The van der Waals surface area contributed by atoms with E-state index in [1.165, 1.54) is 23.8 Å². The molecule has 2 aromatic rings. The summed E-state index contributed by atoms with van der Waals surface area (Å²) in [7, 11) is 0. The first-order chi connectivity index (χ1) is 9.47. The van der Waals surface area contributed by atoms with Crippen LogP contribution in [0.5, 0.6) is 0 Å². The minimum Gasteiger partial charge on any atom is -0.346 e. The maximum Gasteiger partial charge on any atom is 0.251 e. The number of carbonyl (C=O) groups excluding carboxylic acids is 1. The Balaban J connectivity index is 2.10. The molecule has 2 aromatic carbocycles. The van der Waals surface area contributed by atoms with Gasteiger partial charge in [0.2, 0.25) is 0 Å². The van der Waals surface area contributed by atoms with Crippen LogP contribution in [0.15, 0.2) is 47.4 Å². The summed E-state index contributed by atoms with van der Waals surface area (Å²) in [4.78, 5) is 12.3. The Hall–Kier alpha value is -1.81. The second-order valence-electron chi connectivity index (χ2n) is 4.77. The number of hydrogen-bond donors (Lipinski definition) is 2. The van der Waals surface area contributed by atoms with E-state index in [0.29, 0.717) is 5.56 Å². The zero-order valence-electron chi connectivity index (χ0n) is 11.4. The van der Waals surface area contributed by atoms with Crippen LogP contribution in [-0.2, 0) is 0 Å². The molecular formula is C16H16FNOS. The van der Waals surface area contributed by atoms with Gasteiger partial charge in [-0.25, -0.2) is 4.39 Å². The van der Waals surface area contributed by atoms with Gasteiger partial charge in [0.1, 0.15) is 5.82 Å². The third kappa shape index (κ3) is 3.39. The lowest BCUT2D eigenvalue weighted by Crippen LogP contribution is -2.26. The number of benzene rings is 2. The van der Waals surface area contributed by atoms with Crippen molar-refractivity contribution >= 4 is 18.5 Å². The molecule has 0 radical (unpaired) electrons. The molecule has 1 atom stereocenters. The smallest absolute Gasteiger partial charge is 0.251 e. The van der Waals surface area contributed by atoms with Gasteiger partial charge < -0.3 is 5.32 Å². The average Bonchev–Trinajstić information content (AvgIpc) is 2.42. The molecule has 0 saturated heterocycles. The molecule has 104 valence electrons. The predicted octanol–water partition coefficient (Wildman–Crippen LogP) is 3.91. The Bertz CT molecular complexity index is 625. The number of halogens is 1. The second-order valence-corrected chi connectivity index (χ2v) is 5.25. The number of thiol groups is 1. The molecule has 2 rings (SSSR count). The number of carbonyl (C=O) groups is 1.